The highest BCUT2D eigenvalue weighted by atomic mass is 127. The fraction of sp³-hybridized carbons (Fsp3) is 0. The Hall–Kier alpha value is 0.780. The summed E-state index contributed by atoms with van der Waals surface area (Å²) in [6, 6.07) is 3.76. The Morgan fingerprint density at radius 1 is 1.54 bits per heavy atom. The number of nitrogens with zero attached hydrogens (tertiary/aromatic N) is 2. The minimum Gasteiger partial charge on any atom is -0.394 e. The molecule has 0 fully saturated rings. The molecule has 1 heterocycles. The third-order valence-electron chi connectivity index (χ3n) is 1.14. The van der Waals surface area contributed by atoms with E-state index in [2.05, 4.69) is 51.8 Å². The molecule has 0 radical (unpaired) electrons. The van der Waals surface area contributed by atoms with Crippen molar-refractivity contribution in [2.75, 3.05) is 0 Å². The van der Waals surface area contributed by atoms with Gasteiger partial charge in [-0.25, -0.2) is 0 Å². The highest BCUT2D eigenvalue weighted by molar-refractivity contribution is 14.2. The van der Waals surface area contributed by atoms with Crippen molar-refractivity contribution >= 4 is 66.6 Å². The van der Waals surface area contributed by atoms with E-state index in [1.165, 1.54) is 18.3 Å². The van der Waals surface area contributed by atoms with E-state index < -0.39 is 0 Å². The predicted octanol–water partition coefficient (Wildman–Crippen LogP) is 3.84. The standard InChI is InChI=1S/C6H4I2N2OS2/c7-12-10-6(11-13-8)5-2-1-3-9-4-5/h1-4H/b10-6-. The average molecular weight is 438 g/mol. The van der Waals surface area contributed by atoms with E-state index in [9.17, 15) is 0 Å². The van der Waals surface area contributed by atoms with Crippen LogP contribution in [0, 0.1) is 0 Å². The van der Waals surface area contributed by atoms with Gasteiger partial charge in [-0.1, -0.05) is 0 Å². The van der Waals surface area contributed by atoms with E-state index in [0.717, 1.165) is 5.56 Å². The van der Waals surface area contributed by atoms with Crippen LogP contribution in [0.15, 0.2) is 28.9 Å². The van der Waals surface area contributed by atoms with Crippen molar-refractivity contribution in [1.82, 2.24) is 4.98 Å². The molecule has 0 aromatic carbocycles. The van der Waals surface area contributed by atoms with Crippen LogP contribution in [0.5, 0.6) is 0 Å². The first-order chi connectivity index (χ1) is 6.38. The monoisotopic (exact) mass is 438 g/mol. The second kappa shape index (κ2) is 7.12. The normalized spacial score (nSPS) is 11.4. The number of pyridine rings is 1. The third kappa shape index (κ3) is 4.21. The second-order valence-electron chi connectivity index (χ2n) is 1.85. The molecule has 0 aliphatic rings. The lowest BCUT2D eigenvalue weighted by molar-refractivity contribution is 0.661. The van der Waals surface area contributed by atoms with Crippen molar-refractivity contribution in [1.29, 1.82) is 0 Å². The molecule has 7 heteroatoms. The van der Waals surface area contributed by atoms with Crippen LogP contribution >= 0.6 is 60.7 Å². The molecular weight excluding hydrogens is 434 g/mol. The number of rotatable bonds is 3. The zero-order chi connectivity index (χ0) is 9.52. The summed E-state index contributed by atoms with van der Waals surface area (Å²) < 4.78 is 9.37. The van der Waals surface area contributed by atoms with Crippen molar-refractivity contribution in [3.8, 4) is 0 Å². The summed E-state index contributed by atoms with van der Waals surface area (Å²) in [5, 5.41) is 0. The van der Waals surface area contributed by atoms with Crippen molar-refractivity contribution in [3.05, 3.63) is 30.1 Å². The number of halogens is 2. The first-order valence-corrected chi connectivity index (χ1v) is 9.70. The van der Waals surface area contributed by atoms with Gasteiger partial charge in [-0.05, 0) is 12.1 Å². The Kier molecular flexibility index (Phi) is 6.49. The van der Waals surface area contributed by atoms with Gasteiger partial charge in [0.05, 0.1) is 14.7 Å². The topological polar surface area (TPSA) is 34.5 Å². The lowest BCUT2D eigenvalue weighted by Gasteiger charge is -2.01. The van der Waals surface area contributed by atoms with E-state index in [0.29, 0.717) is 5.90 Å². The quantitative estimate of drug-likeness (QED) is 0.236. The van der Waals surface area contributed by atoms with Crippen molar-refractivity contribution in [3.63, 3.8) is 0 Å². The summed E-state index contributed by atoms with van der Waals surface area (Å²) in [6.07, 6.45) is 3.44. The van der Waals surface area contributed by atoms with Crippen molar-refractivity contribution in [2.45, 2.75) is 0 Å². The maximum atomic E-state index is 5.26. The smallest absolute Gasteiger partial charge is 0.245 e. The molecule has 0 aliphatic heterocycles. The van der Waals surface area contributed by atoms with Gasteiger partial charge in [0.25, 0.3) is 0 Å². The fourth-order valence-corrected chi connectivity index (χ4v) is 2.16. The molecule has 1 aromatic heterocycles. The Morgan fingerprint density at radius 3 is 2.92 bits per heavy atom. The SMILES string of the molecule is IS/N=C(\OSI)c1cccnc1. The minimum atomic E-state index is 0.590. The average Bonchev–Trinajstić information content (AvgIpc) is 2.19. The number of aromatic nitrogens is 1. The van der Waals surface area contributed by atoms with Gasteiger partial charge in [0, 0.05) is 54.8 Å². The zero-order valence-corrected chi connectivity index (χ0v) is 12.1. The van der Waals surface area contributed by atoms with E-state index >= 15 is 0 Å². The van der Waals surface area contributed by atoms with Crippen LogP contribution in [0.3, 0.4) is 0 Å². The minimum absolute atomic E-state index is 0.590. The zero-order valence-electron chi connectivity index (χ0n) is 6.18. The number of hydrogen-bond donors (Lipinski definition) is 0. The van der Waals surface area contributed by atoms with Gasteiger partial charge in [0.15, 0.2) is 0 Å². The van der Waals surface area contributed by atoms with Crippen LogP contribution in [0.25, 0.3) is 0 Å². The second-order valence-corrected chi connectivity index (χ2v) is 4.73. The summed E-state index contributed by atoms with van der Waals surface area (Å²) in [6.45, 7) is 0. The summed E-state index contributed by atoms with van der Waals surface area (Å²) in [7, 11) is 2.57. The molecule has 0 unspecified atom stereocenters. The summed E-state index contributed by atoms with van der Waals surface area (Å²) >= 11 is 4.14. The van der Waals surface area contributed by atoms with E-state index in [1.807, 2.05) is 12.1 Å². The molecule has 70 valence electrons. The third-order valence-corrected chi connectivity index (χ3v) is 2.72. The molecule has 0 N–H and O–H groups in total. The highest BCUT2D eigenvalue weighted by Gasteiger charge is 2.04. The molecule has 0 atom stereocenters. The van der Waals surface area contributed by atoms with Crippen molar-refractivity contribution < 1.29 is 4.18 Å². The van der Waals surface area contributed by atoms with Gasteiger partial charge in [-0.3, -0.25) is 4.98 Å². The van der Waals surface area contributed by atoms with Crippen LogP contribution < -0.4 is 0 Å². The Morgan fingerprint density at radius 2 is 2.38 bits per heavy atom. The molecule has 1 aromatic rings. The van der Waals surface area contributed by atoms with E-state index in [1.54, 1.807) is 12.4 Å². The molecule has 0 spiro atoms. The van der Waals surface area contributed by atoms with Crippen LogP contribution in [0.1, 0.15) is 5.56 Å². The van der Waals surface area contributed by atoms with Gasteiger partial charge in [0.2, 0.25) is 5.90 Å². The molecule has 0 amide bonds. The van der Waals surface area contributed by atoms with Crippen LogP contribution in [0.2, 0.25) is 0 Å². The molecular formula is C6H4I2N2OS2. The predicted molar refractivity (Wildman–Crippen MR) is 75.1 cm³/mol. The highest BCUT2D eigenvalue weighted by Crippen LogP contribution is 2.21. The Balaban J connectivity index is 2.83. The maximum Gasteiger partial charge on any atom is 0.245 e. The molecule has 0 saturated carbocycles. The molecule has 0 saturated heterocycles. The summed E-state index contributed by atoms with van der Waals surface area (Å²) in [5.41, 5.74) is 0.885. The van der Waals surface area contributed by atoms with Crippen LogP contribution in [0.4, 0.5) is 0 Å². The van der Waals surface area contributed by atoms with E-state index in [-0.39, 0.29) is 0 Å². The van der Waals surface area contributed by atoms with E-state index in [4.69, 9.17) is 4.18 Å². The Labute approximate surface area is 109 Å². The van der Waals surface area contributed by atoms with Gasteiger partial charge < -0.3 is 4.18 Å². The molecule has 3 nitrogen and oxygen atoms in total. The van der Waals surface area contributed by atoms with Gasteiger partial charge in [0.1, 0.15) is 9.21 Å². The van der Waals surface area contributed by atoms with Crippen LogP contribution in [-0.2, 0) is 4.18 Å². The van der Waals surface area contributed by atoms with Crippen molar-refractivity contribution in [2.24, 2.45) is 4.40 Å². The lowest BCUT2D eigenvalue weighted by Crippen LogP contribution is -2.00. The molecule has 0 bridgehead atoms. The largest absolute Gasteiger partial charge is 0.394 e. The van der Waals surface area contributed by atoms with Gasteiger partial charge in [-0.2, -0.15) is 4.40 Å². The molecule has 0 aliphatic carbocycles. The Bertz CT molecular complexity index is 283. The fourth-order valence-electron chi connectivity index (χ4n) is 0.666. The maximum absolute atomic E-state index is 5.26. The molecule has 13 heavy (non-hydrogen) atoms. The lowest BCUT2D eigenvalue weighted by atomic mass is 10.3. The molecule has 1 rings (SSSR count). The first kappa shape index (κ1) is 11.9. The first-order valence-electron chi connectivity index (χ1n) is 3.10. The van der Waals surface area contributed by atoms with Crippen LogP contribution in [-0.4, -0.2) is 10.9 Å². The van der Waals surface area contributed by atoms with Gasteiger partial charge >= 0.3 is 0 Å². The number of hydrogen-bond acceptors (Lipinski definition) is 5. The summed E-state index contributed by atoms with van der Waals surface area (Å²) in [4.78, 5) is 3.99. The van der Waals surface area contributed by atoms with Gasteiger partial charge in [-0.15, -0.1) is 0 Å². The summed E-state index contributed by atoms with van der Waals surface area (Å²) in [5.74, 6) is 0.590.